The average molecular weight is 327 g/mol. The summed E-state index contributed by atoms with van der Waals surface area (Å²) in [5.41, 5.74) is 1.16. The molecule has 0 saturated carbocycles. The molecule has 1 heterocycles. The second kappa shape index (κ2) is 6.75. The number of thioether (sulfide) groups is 1. The Labute approximate surface area is 141 Å². The summed E-state index contributed by atoms with van der Waals surface area (Å²) in [6.45, 7) is 4.41. The Morgan fingerprint density at radius 2 is 2.00 bits per heavy atom. The highest BCUT2D eigenvalue weighted by atomic mass is 32.2. The fourth-order valence-corrected chi connectivity index (χ4v) is 3.87. The molecule has 3 rings (SSSR count). The number of hydrogen-bond acceptors (Lipinski definition) is 3. The molecule has 1 unspecified atom stereocenters. The van der Waals surface area contributed by atoms with Crippen LogP contribution in [0.25, 0.3) is 10.8 Å². The molecule has 23 heavy (non-hydrogen) atoms. The zero-order chi connectivity index (χ0) is 16.4. The lowest BCUT2D eigenvalue weighted by Gasteiger charge is -2.25. The maximum absolute atomic E-state index is 12.3. The third-order valence-corrected chi connectivity index (χ3v) is 5.53. The number of nitrogens with zero attached hydrogens (tertiary/aromatic N) is 1. The second-order valence-electron chi connectivity index (χ2n) is 6.20. The molecule has 4 heteroatoms. The number of likely N-dealkylation sites (tertiary alicyclic amines) is 1. The van der Waals surface area contributed by atoms with E-state index in [-0.39, 0.29) is 23.0 Å². The van der Waals surface area contributed by atoms with E-state index in [1.54, 1.807) is 6.92 Å². The molecule has 0 bridgehead atoms. The van der Waals surface area contributed by atoms with E-state index in [1.165, 1.54) is 22.5 Å². The molecule has 1 aliphatic rings. The van der Waals surface area contributed by atoms with Crippen molar-refractivity contribution < 1.29 is 9.59 Å². The van der Waals surface area contributed by atoms with Crippen molar-refractivity contribution in [3.05, 3.63) is 48.0 Å². The van der Waals surface area contributed by atoms with Gasteiger partial charge in [-0.3, -0.25) is 9.59 Å². The first kappa shape index (κ1) is 16.1. The molecule has 0 radical (unpaired) electrons. The first-order valence-corrected chi connectivity index (χ1v) is 8.94. The van der Waals surface area contributed by atoms with Crippen LogP contribution in [-0.4, -0.2) is 28.2 Å². The van der Waals surface area contributed by atoms with Crippen LogP contribution in [0.4, 0.5) is 0 Å². The third kappa shape index (κ3) is 3.58. The minimum atomic E-state index is 0.0689. The smallest absolute Gasteiger partial charge is 0.223 e. The summed E-state index contributed by atoms with van der Waals surface area (Å²) in [5.74, 6) is 1.21. The first-order chi connectivity index (χ1) is 11.0. The van der Waals surface area contributed by atoms with Gasteiger partial charge in [0.1, 0.15) is 0 Å². The molecule has 120 valence electrons. The van der Waals surface area contributed by atoms with E-state index in [0.29, 0.717) is 6.42 Å². The molecular formula is C19H21NO2S. The summed E-state index contributed by atoms with van der Waals surface area (Å²) in [6, 6.07) is 14.7. The predicted molar refractivity (Wildman–Crippen MR) is 95.3 cm³/mol. The van der Waals surface area contributed by atoms with Gasteiger partial charge in [0.05, 0.1) is 6.04 Å². The van der Waals surface area contributed by atoms with E-state index in [2.05, 4.69) is 37.3 Å². The Balaban J connectivity index is 1.74. The Morgan fingerprint density at radius 3 is 2.74 bits per heavy atom. The summed E-state index contributed by atoms with van der Waals surface area (Å²) in [7, 11) is 0. The highest BCUT2D eigenvalue weighted by Gasteiger charge is 2.33. The van der Waals surface area contributed by atoms with Crippen molar-refractivity contribution in [1.82, 2.24) is 4.90 Å². The van der Waals surface area contributed by atoms with Crippen LogP contribution in [0.5, 0.6) is 0 Å². The van der Waals surface area contributed by atoms with Crippen LogP contribution in [0.15, 0.2) is 42.5 Å². The summed E-state index contributed by atoms with van der Waals surface area (Å²) >= 11 is 1.32. The number of fused-ring (bicyclic) bond motifs is 1. The van der Waals surface area contributed by atoms with E-state index in [4.69, 9.17) is 0 Å². The topological polar surface area (TPSA) is 37.4 Å². The maximum atomic E-state index is 12.3. The molecule has 0 aliphatic carbocycles. The van der Waals surface area contributed by atoms with Crippen LogP contribution in [0, 0.1) is 5.92 Å². The van der Waals surface area contributed by atoms with Crippen molar-refractivity contribution in [2.24, 2.45) is 5.92 Å². The SMILES string of the molecule is CC(=O)SCC1CC(=O)N([C@@H](C)c2ccc3ccccc3c2)C1. The van der Waals surface area contributed by atoms with Crippen LogP contribution in [-0.2, 0) is 9.59 Å². The van der Waals surface area contributed by atoms with Gasteiger partial charge >= 0.3 is 0 Å². The minimum absolute atomic E-state index is 0.0689. The van der Waals surface area contributed by atoms with Gasteiger partial charge in [0.25, 0.3) is 0 Å². The largest absolute Gasteiger partial charge is 0.336 e. The monoisotopic (exact) mass is 327 g/mol. The molecule has 2 atom stereocenters. The highest BCUT2D eigenvalue weighted by molar-refractivity contribution is 8.13. The lowest BCUT2D eigenvalue weighted by molar-refractivity contribution is -0.129. The van der Waals surface area contributed by atoms with Gasteiger partial charge in [-0.2, -0.15) is 0 Å². The molecule has 1 fully saturated rings. The van der Waals surface area contributed by atoms with Crippen LogP contribution in [0.3, 0.4) is 0 Å². The summed E-state index contributed by atoms with van der Waals surface area (Å²) in [5, 5.41) is 2.54. The fraction of sp³-hybridized carbons (Fsp3) is 0.368. The highest BCUT2D eigenvalue weighted by Crippen LogP contribution is 2.31. The van der Waals surface area contributed by atoms with Crippen molar-refractivity contribution in [1.29, 1.82) is 0 Å². The Bertz CT molecular complexity index is 743. The van der Waals surface area contributed by atoms with Gasteiger partial charge in [-0.1, -0.05) is 48.2 Å². The van der Waals surface area contributed by atoms with E-state index < -0.39 is 0 Å². The van der Waals surface area contributed by atoms with E-state index in [1.807, 2.05) is 17.0 Å². The predicted octanol–water partition coefficient (Wildman–Crippen LogP) is 4.03. The van der Waals surface area contributed by atoms with E-state index >= 15 is 0 Å². The zero-order valence-corrected chi connectivity index (χ0v) is 14.3. The van der Waals surface area contributed by atoms with E-state index in [9.17, 15) is 9.59 Å². The quantitative estimate of drug-likeness (QED) is 0.851. The molecule has 0 N–H and O–H groups in total. The van der Waals surface area contributed by atoms with Crippen LogP contribution in [0.1, 0.15) is 31.9 Å². The number of carbonyl (C=O) groups excluding carboxylic acids is 2. The normalized spacial score (nSPS) is 19.3. The van der Waals surface area contributed by atoms with Crippen LogP contribution in [0.2, 0.25) is 0 Å². The molecule has 2 aromatic rings. The van der Waals surface area contributed by atoms with Crippen molar-refractivity contribution in [3.63, 3.8) is 0 Å². The Morgan fingerprint density at radius 1 is 1.26 bits per heavy atom. The second-order valence-corrected chi connectivity index (χ2v) is 7.40. The summed E-state index contributed by atoms with van der Waals surface area (Å²) in [6.07, 6.45) is 0.554. The maximum Gasteiger partial charge on any atom is 0.223 e. The van der Waals surface area contributed by atoms with Crippen molar-refractivity contribution in [3.8, 4) is 0 Å². The number of carbonyl (C=O) groups is 2. The molecule has 0 spiro atoms. The number of amides is 1. The standard InChI is InChI=1S/C19H21NO2S/c1-13(17-8-7-16-5-3-4-6-18(16)10-17)20-11-15(9-19(20)22)12-23-14(2)21/h3-8,10,13,15H,9,11-12H2,1-2H3/t13-,15?/m0/s1. The molecule has 1 amide bonds. The van der Waals surface area contributed by atoms with Gasteiger partial charge in [-0.15, -0.1) is 0 Å². The number of benzene rings is 2. The van der Waals surface area contributed by atoms with Crippen LogP contribution < -0.4 is 0 Å². The average Bonchev–Trinajstić information content (AvgIpc) is 2.92. The fourth-order valence-electron chi connectivity index (χ4n) is 3.18. The van der Waals surface area contributed by atoms with Crippen LogP contribution >= 0.6 is 11.8 Å². The third-order valence-electron chi connectivity index (χ3n) is 4.48. The Kier molecular flexibility index (Phi) is 4.71. The molecule has 1 saturated heterocycles. The molecule has 0 aromatic heterocycles. The lowest BCUT2D eigenvalue weighted by Crippen LogP contribution is -2.28. The molecule has 3 nitrogen and oxygen atoms in total. The first-order valence-electron chi connectivity index (χ1n) is 7.96. The summed E-state index contributed by atoms with van der Waals surface area (Å²) < 4.78 is 0. The minimum Gasteiger partial charge on any atom is -0.336 e. The van der Waals surface area contributed by atoms with E-state index in [0.717, 1.165) is 17.9 Å². The van der Waals surface area contributed by atoms with Gasteiger partial charge in [0, 0.05) is 25.6 Å². The van der Waals surface area contributed by atoms with Crippen molar-refractivity contribution in [2.45, 2.75) is 26.3 Å². The van der Waals surface area contributed by atoms with Gasteiger partial charge in [0.15, 0.2) is 5.12 Å². The molecule has 2 aromatic carbocycles. The summed E-state index contributed by atoms with van der Waals surface area (Å²) in [4.78, 5) is 25.4. The zero-order valence-electron chi connectivity index (χ0n) is 13.5. The number of rotatable bonds is 4. The van der Waals surface area contributed by atoms with Gasteiger partial charge in [0.2, 0.25) is 5.91 Å². The number of hydrogen-bond donors (Lipinski definition) is 0. The van der Waals surface area contributed by atoms with Crippen molar-refractivity contribution >= 4 is 33.6 Å². The lowest BCUT2D eigenvalue weighted by atomic mass is 10.0. The van der Waals surface area contributed by atoms with Gasteiger partial charge < -0.3 is 4.90 Å². The molecular weight excluding hydrogens is 306 g/mol. The molecule has 1 aliphatic heterocycles. The van der Waals surface area contributed by atoms with Gasteiger partial charge in [-0.05, 0) is 35.2 Å². The van der Waals surface area contributed by atoms with Gasteiger partial charge in [-0.25, -0.2) is 0 Å². The van der Waals surface area contributed by atoms with Crippen molar-refractivity contribution in [2.75, 3.05) is 12.3 Å². The Hall–Kier alpha value is -1.81.